The lowest BCUT2D eigenvalue weighted by atomic mass is 10.1. The van der Waals surface area contributed by atoms with Crippen molar-refractivity contribution in [2.75, 3.05) is 25.0 Å². The maximum Gasteiger partial charge on any atom is 0.0642 e. The Kier molecular flexibility index (Phi) is 7.25. The lowest BCUT2D eigenvalue weighted by Gasteiger charge is -2.22. The van der Waals surface area contributed by atoms with Crippen LogP contribution in [0.4, 0.5) is 5.69 Å². The van der Waals surface area contributed by atoms with Gasteiger partial charge < -0.3 is 10.2 Å². The van der Waals surface area contributed by atoms with Crippen molar-refractivity contribution in [2.45, 2.75) is 40.2 Å². The van der Waals surface area contributed by atoms with E-state index < -0.39 is 0 Å². The zero-order valence-electron chi connectivity index (χ0n) is 12.7. The summed E-state index contributed by atoms with van der Waals surface area (Å²) in [5.41, 5.74) is 2.38. The van der Waals surface area contributed by atoms with Crippen LogP contribution in [0.5, 0.6) is 0 Å². The third-order valence-corrected chi connectivity index (χ3v) is 3.52. The van der Waals surface area contributed by atoms with Gasteiger partial charge in [0, 0.05) is 20.1 Å². The van der Waals surface area contributed by atoms with Crippen LogP contribution in [0.3, 0.4) is 0 Å². The van der Waals surface area contributed by atoms with Crippen LogP contribution in [0.2, 0.25) is 5.02 Å². The fraction of sp³-hybridized carbons (Fsp3) is 0.625. The first-order valence-corrected chi connectivity index (χ1v) is 7.62. The van der Waals surface area contributed by atoms with Gasteiger partial charge in [-0.25, -0.2) is 0 Å². The van der Waals surface area contributed by atoms with Gasteiger partial charge in [0.1, 0.15) is 0 Å². The van der Waals surface area contributed by atoms with E-state index in [1.54, 1.807) is 0 Å². The number of hydrogen-bond donors (Lipinski definition) is 1. The molecule has 1 aromatic carbocycles. The minimum atomic E-state index is 0.721. The predicted octanol–water partition coefficient (Wildman–Crippen LogP) is 4.32. The van der Waals surface area contributed by atoms with Crippen LogP contribution in [0.25, 0.3) is 0 Å². The number of nitrogens with zero attached hydrogens (tertiary/aromatic N) is 1. The molecule has 0 fully saturated rings. The Morgan fingerprint density at radius 2 is 2.05 bits per heavy atom. The molecule has 0 bridgehead atoms. The second-order valence-corrected chi connectivity index (χ2v) is 5.97. The molecule has 0 aromatic heterocycles. The molecule has 0 saturated heterocycles. The highest BCUT2D eigenvalue weighted by Crippen LogP contribution is 2.26. The summed E-state index contributed by atoms with van der Waals surface area (Å²) < 4.78 is 0. The van der Waals surface area contributed by atoms with Crippen LogP contribution in [0, 0.1) is 5.92 Å². The van der Waals surface area contributed by atoms with Crippen molar-refractivity contribution >= 4 is 17.3 Å². The number of halogens is 1. The van der Waals surface area contributed by atoms with Crippen LogP contribution >= 0.6 is 11.6 Å². The number of rotatable bonds is 8. The Balaban J connectivity index is 2.60. The van der Waals surface area contributed by atoms with Gasteiger partial charge in [-0.05, 0) is 43.0 Å². The first-order chi connectivity index (χ1) is 9.04. The average molecular weight is 283 g/mol. The number of nitrogens with one attached hydrogen (secondary N) is 1. The van der Waals surface area contributed by atoms with Crippen LogP contribution in [0.1, 0.15) is 39.2 Å². The highest BCUT2D eigenvalue weighted by molar-refractivity contribution is 6.33. The molecule has 1 N–H and O–H groups in total. The normalized spacial score (nSPS) is 11.1. The van der Waals surface area contributed by atoms with Crippen LogP contribution < -0.4 is 10.2 Å². The summed E-state index contributed by atoms with van der Waals surface area (Å²) in [5.74, 6) is 0.721. The molecule has 0 atom stereocenters. The molecule has 19 heavy (non-hydrogen) atoms. The average Bonchev–Trinajstić information content (AvgIpc) is 2.36. The van der Waals surface area contributed by atoms with E-state index in [1.807, 2.05) is 0 Å². The number of anilines is 1. The van der Waals surface area contributed by atoms with Gasteiger partial charge in [-0.2, -0.15) is 0 Å². The molecular weight excluding hydrogens is 256 g/mol. The topological polar surface area (TPSA) is 15.3 Å². The van der Waals surface area contributed by atoms with Gasteiger partial charge in [0.15, 0.2) is 0 Å². The molecule has 2 nitrogen and oxygen atoms in total. The van der Waals surface area contributed by atoms with Gasteiger partial charge in [0.2, 0.25) is 0 Å². The Morgan fingerprint density at radius 3 is 2.63 bits per heavy atom. The minimum Gasteiger partial charge on any atom is -0.373 e. The fourth-order valence-corrected chi connectivity index (χ4v) is 2.30. The number of benzene rings is 1. The van der Waals surface area contributed by atoms with E-state index >= 15 is 0 Å². The molecule has 0 unspecified atom stereocenters. The monoisotopic (exact) mass is 282 g/mol. The quantitative estimate of drug-likeness (QED) is 0.714. The molecule has 1 aromatic rings. The minimum absolute atomic E-state index is 0.721. The Morgan fingerprint density at radius 1 is 1.32 bits per heavy atom. The van der Waals surface area contributed by atoms with Gasteiger partial charge in [0.25, 0.3) is 0 Å². The first kappa shape index (κ1) is 16.3. The van der Waals surface area contributed by atoms with Gasteiger partial charge >= 0.3 is 0 Å². The van der Waals surface area contributed by atoms with Crippen molar-refractivity contribution in [3.63, 3.8) is 0 Å². The highest BCUT2D eigenvalue weighted by Gasteiger charge is 2.07. The second kappa shape index (κ2) is 8.44. The zero-order chi connectivity index (χ0) is 14.3. The van der Waals surface area contributed by atoms with Gasteiger partial charge in [-0.1, -0.05) is 38.4 Å². The van der Waals surface area contributed by atoms with Crippen molar-refractivity contribution in [1.82, 2.24) is 5.32 Å². The van der Waals surface area contributed by atoms with Crippen molar-refractivity contribution in [3.8, 4) is 0 Å². The van der Waals surface area contributed by atoms with E-state index in [0.29, 0.717) is 0 Å². The summed E-state index contributed by atoms with van der Waals surface area (Å²) in [6.45, 7) is 9.66. The molecule has 0 heterocycles. The molecule has 0 saturated carbocycles. The second-order valence-electron chi connectivity index (χ2n) is 5.57. The Labute approximate surface area is 123 Å². The summed E-state index contributed by atoms with van der Waals surface area (Å²) in [7, 11) is 2.11. The molecular formula is C16H27ClN2. The third kappa shape index (κ3) is 5.84. The van der Waals surface area contributed by atoms with Crippen molar-refractivity contribution in [3.05, 3.63) is 28.8 Å². The molecule has 3 heteroatoms. The third-order valence-electron chi connectivity index (χ3n) is 3.22. The lowest BCUT2D eigenvalue weighted by Crippen LogP contribution is -2.20. The smallest absolute Gasteiger partial charge is 0.0642 e. The molecule has 0 aliphatic carbocycles. The fourth-order valence-electron chi connectivity index (χ4n) is 1.95. The first-order valence-electron chi connectivity index (χ1n) is 7.24. The molecule has 0 spiro atoms. The van der Waals surface area contributed by atoms with Crippen molar-refractivity contribution in [2.24, 2.45) is 5.92 Å². The van der Waals surface area contributed by atoms with Gasteiger partial charge in [0.05, 0.1) is 10.7 Å². The molecule has 1 rings (SSSR count). The Hall–Kier alpha value is -0.730. The molecule has 0 amide bonds. The zero-order valence-corrected chi connectivity index (χ0v) is 13.4. The standard InChI is InChI=1S/C16H27ClN2/c1-5-9-18-12-14-6-7-16(15(17)11-14)19(4)10-8-13(2)3/h6-7,11,13,18H,5,8-10,12H2,1-4H3. The van der Waals surface area contributed by atoms with E-state index in [1.165, 1.54) is 12.0 Å². The predicted molar refractivity (Wildman–Crippen MR) is 86.2 cm³/mol. The number of hydrogen-bond acceptors (Lipinski definition) is 2. The van der Waals surface area contributed by atoms with E-state index in [0.717, 1.165) is 42.7 Å². The van der Waals surface area contributed by atoms with E-state index in [-0.39, 0.29) is 0 Å². The van der Waals surface area contributed by atoms with Crippen LogP contribution in [0.15, 0.2) is 18.2 Å². The molecule has 0 aliphatic rings. The van der Waals surface area contributed by atoms with E-state index in [9.17, 15) is 0 Å². The summed E-state index contributed by atoms with van der Waals surface area (Å²) in [5, 5.41) is 4.24. The summed E-state index contributed by atoms with van der Waals surface area (Å²) in [4.78, 5) is 2.24. The summed E-state index contributed by atoms with van der Waals surface area (Å²) in [6, 6.07) is 6.37. The van der Waals surface area contributed by atoms with Crippen LogP contribution in [-0.4, -0.2) is 20.1 Å². The maximum absolute atomic E-state index is 6.38. The lowest BCUT2D eigenvalue weighted by molar-refractivity contribution is 0.585. The van der Waals surface area contributed by atoms with E-state index in [2.05, 4.69) is 56.2 Å². The largest absolute Gasteiger partial charge is 0.373 e. The summed E-state index contributed by atoms with van der Waals surface area (Å²) >= 11 is 6.38. The SMILES string of the molecule is CCCNCc1ccc(N(C)CCC(C)C)c(Cl)c1. The maximum atomic E-state index is 6.38. The molecule has 108 valence electrons. The molecule has 0 aliphatic heterocycles. The molecule has 0 radical (unpaired) electrons. The van der Waals surface area contributed by atoms with Crippen molar-refractivity contribution < 1.29 is 0 Å². The van der Waals surface area contributed by atoms with Crippen molar-refractivity contribution in [1.29, 1.82) is 0 Å². The van der Waals surface area contributed by atoms with E-state index in [4.69, 9.17) is 11.6 Å². The highest BCUT2D eigenvalue weighted by atomic mass is 35.5. The van der Waals surface area contributed by atoms with Gasteiger partial charge in [-0.3, -0.25) is 0 Å². The Bertz CT molecular complexity index is 377. The van der Waals surface area contributed by atoms with Crippen LogP contribution in [-0.2, 0) is 6.54 Å². The summed E-state index contributed by atoms with van der Waals surface area (Å²) in [6.07, 6.45) is 2.34. The van der Waals surface area contributed by atoms with Gasteiger partial charge in [-0.15, -0.1) is 0 Å².